The molecule has 0 spiro atoms. The number of aromatic amines is 1. The van der Waals surface area contributed by atoms with Gasteiger partial charge in [-0.15, -0.1) is 0 Å². The predicted molar refractivity (Wildman–Crippen MR) is 91.0 cm³/mol. The Morgan fingerprint density at radius 2 is 1.88 bits per heavy atom. The van der Waals surface area contributed by atoms with Gasteiger partial charge in [-0.3, -0.25) is 25.2 Å². The summed E-state index contributed by atoms with van der Waals surface area (Å²) in [6, 6.07) is 6.42. The number of nitrogens with one attached hydrogen (secondary N) is 4. The molecule has 1 atom stereocenters. The van der Waals surface area contributed by atoms with E-state index in [9.17, 15) is 14.4 Å². The van der Waals surface area contributed by atoms with E-state index in [-0.39, 0.29) is 11.8 Å². The normalized spacial score (nSPS) is 12.0. The second kappa shape index (κ2) is 7.63. The molecule has 0 unspecified atom stereocenters. The monoisotopic (exact) mass is 330 g/mol. The number of rotatable bonds is 5. The molecule has 1 aromatic carbocycles. The Kier molecular flexibility index (Phi) is 5.57. The molecule has 2 rings (SSSR count). The van der Waals surface area contributed by atoms with Crippen LogP contribution in [-0.4, -0.2) is 28.7 Å². The van der Waals surface area contributed by atoms with Crippen molar-refractivity contribution >= 4 is 28.6 Å². The smallest absolute Gasteiger partial charge is 0.269 e. The summed E-state index contributed by atoms with van der Waals surface area (Å²) in [4.78, 5) is 38.6. The summed E-state index contributed by atoms with van der Waals surface area (Å²) < 4.78 is 0. The molecule has 7 heteroatoms. The number of hydrogen-bond acceptors (Lipinski definition) is 3. The molecule has 0 saturated carbocycles. The van der Waals surface area contributed by atoms with E-state index in [1.54, 1.807) is 18.3 Å². The molecular weight excluding hydrogens is 308 g/mol. The maximum absolute atomic E-state index is 12.2. The second-order valence-corrected chi connectivity index (χ2v) is 6.11. The van der Waals surface area contributed by atoms with Gasteiger partial charge in [0, 0.05) is 24.2 Å². The van der Waals surface area contributed by atoms with Gasteiger partial charge < -0.3 is 10.3 Å². The molecule has 0 saturated heterocycles. The molecule has 3 amide bonds. The van der Waals surface area contributed by atoms with Crippen LogP contribution < -0.4 is 16.2 Å². The second-order valence-electron chi connectivity index (χ2n) is 6.11. The molecule has 0 bridgehead atoms. The van der Waals surface area contributed by atoms with E-state index in [1.165, 1.54) is 6.92 Å². The van der Waals surface area contributed by atoms with Crippen molar-refractivity contribution in [1.82, 2.24) is 21.2 Å². The highest BCUT2D eigenvalue weighted by atomic mass is 16.2. The minimum absolute atomic E-state index is 0.221. The van der Waals surface area contributed by atoms with Gasteiger partial charge in [-0.1, -0.05) is 19.9 Å². The zero-order chi connectivity index (χ0) is 17.7. The van der Waals surface area contributed by atoms with Gasteiger partial charge in [-0.05, 0) is 35.9 Å². The molecule has 1 aromatic heterocycles. The maximum Gasteiger partial charge on any atom is 0.269 e. The van der Waals surface area contributed by atoms with Crippen molar-refractivity contribution in [3.8, 4) is 0 Å². The van der Waals surface area contributed by atoms with Crippen molar-refractivity contribution in [2.45, 2.75) is 33.2 Å². The van der Waals surface area contributed by atoms with Crippen LogP contribution in [0.1, 0.15) is 37.6 Å². The van der Waals surface area contributed by atoms with Crippen LogP contribution in [0.2, 0.25) is 0 Å². The average Bonchev–Trinajstić information content (AvgIpc) is 2.98. The van der Waals surface area contributed by atoms with Crippen molar-refractivity contribution in [3.63, 3.8) is 0 Å². The number of fused-ring (bicyclic) bond motifs is 1. The molecule has 0 fully saturated rings. The Morgan fingerprint density at radius 3 is 2.54 bits per heavy atom. The summed E-state index contributed by atoms with van der Waals surface area (Å²) in [5.74, 6) is -0.947. The van der Waals surface area contributed by atoms with Gasteiger partial charge in [0.05, 0.1) is 0 Å². The van der Waals surface area contributed by atoms with Crippen LogP contribution in [0.5, 0.6) is 0 Å². The Labute approximate surface area is 140 Å². The maximum atomic E-state index is 12.2. The fraction of sp³-hybridized carbons (Fsp3) is 0.353. The van der Waals surface area contributed by atoms with E-state index in [2.05, 4.69) is 21.2 Å². The number of hydrogen-bond donors (Lipinski definition) is 4. The first-order valence-electron chi connectivity index (χ1n) is 7.81. The number of carbonyl (C=O) groups excluding carboxylic acids is 3. The van der Waals surface area contributed by atoms with Gasteiger partial charge >= 0.3 is 0 Å². The van der Waals surface area contributed by atoms with Crippen molar-refractivity contribution in [1.29, 1.82) is 0 Å². The molecule has 0 aliphatic rings. The zero-order valence-electron chi connectivity index (χ0n) is 14.0. The number of carbonyl (C=O) groups is 3. The van der Waals surface area contributed by atoms with Gasteiger partial charge in [0.1, 0.15) is 6.04 Å². The van der Waals surface area contributed by atoms with Crippen molar-refractivity contribution in [2.24, 2.45) is 5.92 Å². The summed E-state index contributed by atoms with van der Waals surface area (Å²) in [5.41, 5.74) is 6.01. The van der Waals surface area contributed by atoms with Gasteiger partial charge in [0.2, 0.25) is 5.91 Å². The summed E-state index contributed by atoms with van der Waals surface area (Å²) in [6.45, 7) is 5.25. The molecule has 4 N–H and O–H groups in total. The van der Waals surface area contributed by atoms with Crippen molar-refractivity contribution < 1.29 is 14.4 Å². The van der Waals surface area contributed by atoms with Gasteiger partial charge in [-0.2, -0.15) is 0 Å². The number of hydrazine groups is 1. The van der Waals surface area contributed by atoms with E-state index < -0.39 is 17.9 Å². The molecule has 0 aliphatic carbocycles. The number of amides is 3. The zero-order valence-corrected chi connectivity index (χ0v) is 14.0. The number of H-pyrrole nitrogens is 1. The van der Waals surface area contributed by atoms with Crippen LogP contribution in [0.3, 0.4) is 0 Å². The first kappa shape index (κ1) is 17.5. The molecule has 7 nitrogen and oxygen atoms in total. The average molecular weight is 330 g/mol. The lowest BCUT2D eigenvalue weighted by Crippen LogP contribution is -2.52. The lowest BCUT2D eigenvalue weighted by Gasteiger charge is -2.19. The molecular formula is C17H22N4O3. The topological polar surface area (TPSA) is 103 Å². The Morgan fingerprint density at radius 1 is 1.12 bits per heavy atom. The third kappa shape index (κ3) is 4.58. The standard InChI is InChI=1S/C17H22N4O3/c1-10(2)8-15(19-11(3)22)17(24)21-20-16(23)13-5-4-12-6-7-18-14(12)9-13/h4-7,9-10,15,18H,8H2,1-3H3,(H,19,22)(H,20,23)(H,21,24)/t15-/m1/s1. The molecule has 0 radical (unpaired) electrons. The minimum atomic E-state index is -0.686. The highest BCUT2D eigenvalue weighted by molar-refractivity contribution is 5.99. The van der Waals surface area contributed by atoms with Crippen LogP contribution >= 0.6 is 0 Å². The Hall–Kier alpha value is -2.83. The fourth-order valence-corrected chi connectivity index (χ4v) is 2.42. The quantitative estimate of drug-likeness (QED) is 0.624. The molecule has 128 valence electrons. The first-order valence-corrected chi connectivity index (χ1v) is 7.81. The Balaban J connectivity index is 1.97. The van der Waals surface area contributed by atoms with E-state index in [0.29, 0.717) is 12.0 Å². The van der Waals surface area contributed by atoms with E-state index >= 15 is 0 Å². The fourth-order valence-electron chi connectivity index (χ4n) is 2.42. The first-order chi connectivity index (χ1) is 11.4. The summed E-state index contributed by atoms with van der Waals surface area (Å²) in [5, 5.41) is 3.59. The number of aromatic nitrogens is 1. The summed E-state index contributed by atoms with van der Waals surface area (Å²) in [7, 11) is 0. The third-order valence-electron chi connectivity index (χ3n) is 3.52. The lowest BCUT2D eigenvalue weighted by atomic mass is 10.0. The van der Waals surface area contributed by atoms with Crippen LogP contribution in [0, 0.1) is 5.92 Å². The molecule has 0 aliphatic heterocycles. The van der Waals surface area contributed by atoms with Crippen LogP contribution in [0.25, 0.3) is 10.9 Å². The lowest BCUT2D eigenvalue weighted by molar-refractivity contribution is -0.129. The summed E-state index contributed by atoms with van der Waals surface area (Å²) >= 11 is 0. The van der Waals surface area contributed by atoms with Crippen molar-refractivity contribution in [2.75, 3.05) is 0 Å². The third-order valence-corrected chi connectivity index (χ3v) is 3.52. The van der Waals surface area contributed by atoms with E-state index in [4.69, 9.17) is 0 Å². The molecule has 1 heterocycles. The van der Waals surface area contributed by atoms with Crippen LogP contribution in [0.15, 0.2) is 30.5 Å². The Bertz CT molecular complexity index is 751. The van der Waals surface area contributed by atoms with Crippen LogP contribution in [0.4, 0.5) is 0 Å². The predicted octanol–water partition coefficient (Wildman–Crippen LogP) is 1.48. The van der Waals surface area contributed by atoms with E-state index in [1.807, 2.05) is 26.0 Å². The minimum Gasteiger partial charge on any atom is -0.361 e. The van der Waals surface area contributed by atoms with Crippen molar-refractivity contribution in [3.05, 3.63) is 36.0 Å². The van der Waals surface area contributed by atoms with E-state index in [0.717, 1.165) is 10.9 Å². The summed E-state index contributed by atoms with van der Waals surface area (Å²) in [6.07, 6.45) is 2.27. The number of benzene rings is 1. The highest BCUT2D eigenvalue weighted by Gasteiger charge is 2.21. The van der Waals surface area contributed by atoms with Crippen LogP contribution in [-0.2, 0) is 9.59 Å². The molecule has 2 aromatic rings. The highest BCUT2D eigenvalue weighted by Crippen LogP contribution is 2.13. The van der Waals surface area contributed by atoms with Gasteiger partial charge in [0.25, 0.3) is 11.8 Å². The largest absolute Gasteiger partial charge is 0.361 e. The molecule has 24 heavy (non-hydrogen) atoms. The van der Waals surface area contributed by atoms with Gasteiger partial charge in [0.15, 0.2) is 0 Å². The van der Waals surface area contributed by atoms with Gasteiger partial charge in [-0.25, -0.2) is 0 Å². The SMILES string of the molecule is CC(=O)N[C@H](CC(C)C)C(=O)NNC(=O)c1ccc2cc[nH]c2c1.